The zero-order valence-electron chi connectivity index (χ0n) is 12.8. The first-order chi connectivity index (χ1) is 9.96. The van der Waals surface area contributed by atoms with Gasteiger partial charge in [-0.2, -0.15) is 11.8 Å². The van der Waals surface area contributed by atoms with Gasteiger partial charge in [-0.1, -0.05) is 0 Å². The highest BCUT2D eigenvalue weighted by Gasteiger charge is 2.27. The van der Waals surface area contributed by atoms with E-state index in [1.165, 1.54) is 0 Å². The Morgan fingerprint density at radius 1 is 1.33 bits per heavy atom. The first-order valence-corrected chi connectivity index (χ1v) is 10.0. The van der Waals surface area contributed by atoms with Crippen molar-refractivity contribution in [1.82, 2.24) is 10.0 Å². The minimum Gasteiger partial charge on any atom is -0.464 e. The highest BCUT2D eigenvalue weighted by atomic mass is 32.2. The van der Waals surface area contributed by atoms with Crippen LogP contribution in [0.2, 0.25) is 0 Å². The van der Waals surface area contributed by atoms with E-state index in [-0.39, 0.29) is 10.9 Å². The van der Waals surface area contributed by atoms with Gasteiger partial charge in [0.2, 0.25) is 10.0 Å². The minimum atomic E-state index is -3.49. The molecule has 2 N–H and O–H groups in total. The average Bonchev–Trinajstić information content (AvgIpc) is 2.81. The van der Waals surface area contributed by atoms with E-state index in [1.807, 2.05) is 11.8 Å². The van der Waals surface area contributed by atoms with Gasteiger partial charge in [0.1, 0.15) is 16.4 Å². The summed E-state index contributed by atoms with van der Waals surface area (Å²) in [6.45, 7) is 2.22. The van der Waals surface area contributed by atoms with Crippen molar-refractivity contribution in [2.45, 2.75) is 55.3 Å². The molecule has 120 valence electrons. The Balaban J connectivity index is 2.05. The maximum absolute atomic E-state index is 12.5. The second-order valence-corrected chi connectivity index (χ2v) is 8.31. The molecular formula is C14H24N2O3S2. The van der Waals surface area contributed by atoms with Crippen molar-refractivity contribution in [3.05, 3.63) is 17.6 Å². The molecule has 0 atom stereocenters. The molecule has 0 unspecified atom stereocenters. The smallest absolute Gasteiger partial charge is 0.244 e. The predicted molar refractivity (Wildman–Crippen MR) is 86.1 cm³/mol. The molecule has 1 saturated carbocycles. The molecule has 5 nitrogen and oxygen atoms in total. The van der Waals surface area contributed by atoms with E-state index in [0.717, 1.165) is 25.7 Å². The lowest BCUT2D eigenvalue weighted by Crippen LogP contribution is -2.38. The molecule has 1 heterocycles. The number of sulfonamides is 1. The van der Waals surface area contributed by atoms with E-state index >= 15 is 0 Å². The van der Waals surface area contributed by atoms with Gasteiger partial charge < -0.3 is 9.73 Å². The van der Waals surface area contributed by atoms with E-state index in [9.17, 15) is 8.42 Å². The number of rotatable bonds is 6. The van der Waals surface area contributed by atoms with Crippen LogP contribution in [-0.2, 0) is 16.6 Å². The van der Waals surface area contributed by atoms with Gasteiger partial charge in [0.25, 0.3) is 0 Å². The fourth-order valence-corrected chi connectivity index (χ4v) is 5.00. The molecule has 1 aromatic heterocycles. The summed E-state index contributed by atoms with van der Waals surface area (Å²) in [5.41, 5.74) is 0. The van der Waals surface area contributed by atoms with Crippen LogP contribution in [0.3, 0.4) is 0 Å². The molecule has 0 radical (unpaired) electrons. The number of furan rings is 1. The van der Waals surface area contributed by atoms with Gasteiger partial charge in [0, 0.05) is 17.4 Å². The molecule has 0 amide bonds. The second-order valence-electron chi connectivity index (χ2n) is 5.49. The molecule has 1 aromatic rings. The molecule has 0 spiro atoms. The molecule has 1 aliphatic rings. The Hall–Kier alpha value is -0.500. The van der Waals surface area contributed by atoms with Crippen LogP contribution < -0.4 is 10.0 Å². The van der Waals surface area contributed by atoms with Gasteiger partial charge >= 0.3 is 0 Å². The Bertz CT molecular complexity index is 561. The van der Waals surface area contributed by atoms with Crippen LogP contribution in [0.25, 0.3) is 0 Å². The lowest BCUT2D eigenvalue weighted by atomic mass is 9.96. The molecule has 21 heavy (non-hydrogen) atoms. The van der Waals surface area contributed by atoms with E-state index in [1.54, 1.807) is 20.0 Å². The van der Waals surface area contributed by atoms with Gasteiger partial charge in [0.05, 0.1) is 6.54 Å². The third kappa shape index (κ3) is 4.25. The molecule has 0 bridgehead atoms. The fourth-order valence-electron chi connectivity index (χ4n) is 2.75. The van der Waals surface area contributed by atoms with E-state index < -0.39 is 10.0 Å². The van der Waals surface area contributed by atoms with Crippen molar-refractivity contribution in [3.8, 4) is 0 Å². The fraction of sp³-hybridized carbons (Fsp3) is 0.714. The highest BCUT2D eigenvalue weighted by molar-refractivity contribution is 7.99. The summed E-state index contributed by atoms with van der Waals surface area (Å²) in [6, 6.07) is 1.65. The zero-order chi connectivity index (χ0) is 15.5. The summed E-state index contributed by atoms with van der Waals surface area (Å²) < 4.78 is 33.3. The molecule has 0 saturated heterocycles. The van der Waals surface area contributed by atoms with Crippen LogP contribution in [0.4, 0.5) is 0 Å². The van der Waals surface area contributed by atoms with Crippen molar-refractivity contribution in [1.29, 1.82) is 0 Å². The lowest BCUT2D eigenvalue weighted by molar-refractivity contribution is 0.419. The van der Waals surface area contributed by atoms with Gasteiger partial charge in [-0.3, -0.25) is 0 Å². The Morgan fingerprint density at radius 2 is 2.00 bits per heavy atom. The van der Waals surface area contributed by atoms with Crippen molar-refractivity contribution < 1.29 is 12.8 Å². The Labute approximate surface area is 131 Å². The summed E-state index contributed by atoms with van der Waals surface area (Å²) in [7, 11) is -1.69. The average molecular weight is 332 g/mol. The van der Waals surface area contributed by atoms with Gasteiger partial charge in [0.15, 0.2) is 0 Å². The van der Waals surface area contributed by atoms with Crippen LogP contribution in [0.1, 0.15) is 37.2 Å². The van der Waals surface area contributed by atoms with Crippen LogP contribution >= 0.6 is 11.8 Å². The summed E-state index contributed by atoms with van der Waals surface area (Å²) in [5.74, 6) is 1.09. The molecule has 2 rings (SSSR count). The summed E-state index contributed by atoms with van der Waals surface area (Å²) in [4.78, 5) is 0.264. The number of nitrogens with one attached hydrogen (secondary N) is 2. The van der Waals surface area contributed by atoms with Crippen molar-refractivity contribution >= 4 is 21.8 Å². The number of hydrogen-bond donors (Lipinski definition) is 2. The summed E-state index contributed by atoms with van der Waals surface area (Å²) in [6.07, 6.45) is 6.08. The second kappa shape index (κ2) is 7.17. The summed E-state index contributed by atoms with van der Waals surface area (Å²) in [5, 5.41) is 3.63. The van der Waals surface area contributed by atoms with Crippen LogP contribution in [0.15, 0.2) is 15.4 Å². The third-order valence-electron chi connectivity index (χ3n) is 3.89. The Morgan fingerprint density at radius 3 is 2.57 bits per heavy atom. The van der Waals surface area contributed by atoms with Crippen LogP contribution in [0, 0.1) is 6.92 Å². The number of hydrogen-bond acceptors (Lipinski definition) is 5. The number of aryl methyl sites for hydroxylation is 1. The van der Waals surface area contributed by atoms with Gasteiger partial charge in [-0.15, -0.1) is 0 Å². The van der Waals surface area contributed by atoms with E-state index in [4.69, 9.17) is 4.42 Å². The maximum atomic E-state index is 12.5. The lowest BCUT2D eigenvalue weighted by Gasteiger charge is -2.27. The highest BCUT2D eigenvalue weighted by Crippen LogP contribution is 2.28. The topological polar surface area (TPSA) is 71.3 Å². The SMILES string of the molecule is CNCc1cc(S(=O)(=O)NC2CCC(SC)CC2)c(C)o1. The first kappa shape index (κ1) is 16.9. The molecule has 0 aromatic carbocycles. The Kier molecular flexibility index (Phi) is 5.76. The number of thioether (sulfide) groups is 1. The minimum absolute atomic E-state index is 0.0421. The van der Waals surface area contributed by atoms with E-state index in [0.29, 0.717) is 23.3 Å². The van der Waals surface area contributed by atoms with Crippen molar-refractivity contribution in [3.63, 3.8) is 0 Å². The zero-order valence-corrected chi connectivity index (χ0v) is 14.4. The predicted octanol–water partition coefficient (Wildman–Crippen LogP) is 2.26. The molecular weight excluding hydrogens is 308 g/mol. The van der Waals surface area contributed by atoms with Crippen LogP contribution in [-0.4, -0.2) is 33.0 Å². The monoisotopic (exact) mass is 332 g/mol. The molecule has 7 heteroatoms. The van der Waals surface area contributed by atoms with Crippen molar-refractivity contribution in [2.75, 3.05) is 13.3 Å². The van der Waals surface area contributed by atoms with Crippen molar-refractivity contribution in [2.24, 2.45) is 0 Å². The van der Waals surface area contributed by atoms with Gasteiger partial charge in [-0.25, -0.2) is 13.1 Å². The normalized spacial score (nSPS) is 23.4. The van der Waals surface area contributed by atoms with Gasteiger partial charge in [-0.05, 0) is 45.9 Å². The molecule has 1 aliphatic carbocycles. The maximum Gasteiger partial charge on any atom is 0.244 e. The molecule has 0 aliphatic heterocycles. The molecule has 1 fully saturated rings. The quantitative estimate of drug-likeness (QED) is 0.836. The standard InChI is InChI=1S/C14H24N2O3S2/c1-10-14(8-12(19-10)9-15-2)21(17,18)16-11-4-6-13(20-3)7-5-11/h8,11,13,15-16H,4-7,9H2,1-3H3. The largest absolute Gasteiger partial charge is 0.464 e. The van der Waals surface area contributed by atoms with E-state index in [2.05, 4.69) is 16.3 Å². The third-order valence-corrected chi connectivity index (χ3v) is 6.66. The first-order valence-electron chi connectivity index (χ1n) is 7.25. The van der Waals surface area contributed by atoms with Crippen LogP contribution in [0.5, 0.6) is 0 Å². The summed E-state index contributed by atoms with van der Waals surface area (Å²) >= 11 is 1.87.